The molecule has 142 valence electrons. The molecule has 0 saturated carbocycles. The second kappa shape index (κ2) is 7.30. The number of nitrogens with zero attached hydrogens (tertiary/aromatic N) is 4. The van der Waals surface area contributed by atoms with Crippen LogP contribution in [0.2, 0.25) is 0 Å². The number of amides is 1. The number of rotatable bonds is 3. The molecule has 0 aliphatic carbocycles. The van der Waals surface area contributed by atoms with Crippen LogP contribution < -0.4 is 19.7 Å². The maximum atomic E-state index is 11.5. The van der Waals surface area contributed by atoms with Crippen LogP contribution in [-0.2, 0) is 4.79 Å². The lowest BCUT2D eigenvalue weighted by atomic mass is 10.2. The summed E-state index contributed by atoms with van der Waals surface area (Å²) >= 11 is 0. The maximum Gasteiger partial charge on any atom is 0.227 e. The monoisotopic (exact) mass is 369 g/mol. The van der Waals surface area contributed by atoms with Gasteiger partial charge in [0.2, 0.25) is 11.9 Å². The molecule has 0 bridgehead atoms. The summed E-state index contributed by atoms with van der Waals surface area (Å²) in [6.45, 7) is 7.53. The number of aryl methyl sites for hydroxylation is 1. The molecule has 1 N–H and O–H groups in total. The van der Waals surface area contributed by atoms with E-state index in [4.69, 9.17) is 9.47 Å². The number of hydrogen-bond acceptors (Lipinski definition) is 7. The summed E-state index contributed by atoms with van der Waals surface area (Å²) in [6, 6.07) is 7.66. The van der Waals surface area contributed by atoms with Crippen molar-refractivity contribution in [2.24, 2.45) is 0 Å². The number of anilines is 3. The third-order valence-electron chi connectivity index (χ3n) is 4.66. The second-order valence-corrected chi connectivity index (χ2v) is 6.67. The zero-order chi connectivity index (χ0) is 18.8. The molecule has 0 radical (unpaired) electrons. The van der Waals surface area contributed by atoms with Gasteiger partial charge in [0.15, 0.2) is 11.5 Å². The normalized spacial score (nSPS) is 16.2. The highest BCUT2D eigenvalue weighted by Gasteiger charge is 2.21. The smallest absolute Gasteiger partial charge is 0.227 e. The first-order valence-electron chi connectivity index (χ1n) is 9.11. The number of benzene rings is 1. The molecule has 1 fully saturated rings. The Morgan fingerprint density at radius 1 is 1.04 bits per heavy atom. The molecule has 8 heteroatoms. The average Bonchev–Trinajstić information content (AvgIpc) is 2.67. The Morgan fingerprint density at radius 3 is 2.52 bits per heavy atom. The predicted molar refractivity (Wildman–Crippen MR) is 102 cm³/mol. The van der Waals surface area contributed by atoms with Crippen LogP contribution in [0.15, 0.2) is 24.3 Å². The number of aromatic nitrogens is 2. The number of carbonyl (C=O) groups excluding carboxylic acids is 1. The molecule has 1 saturated heterocycles. The van der Waals surface area contributed by atoms with Crippen molar-refractivity contribution in [1.29, 1.82) is 0 Å². The number of carbonyl (C=O) groups is 1. The van der Waals surface area contributed by atoms with Gasteiger partial charge in [-0.05, 0) is 19.1 Å². The summed E-state index contributed by atoms with van der Waals surface area (Å²) in [5, 5.41) is 3.32. The maximum absolute atomic E-state index is 11.5. The van der Waals surface area contributed by atoms with Gasteiger partial charge in [0.05, 0.1) is 0 Å². The van der Waals surface area contributed by atoms with Crippen molar-refractivity contribution < 1.29 is 14.3 Å². The lowest BCUT2D eigenvalue weighted by Crippen LogP contribution is -2.48. The van der Waals surface area contributed by atoms with E-state index in [1.807, 2.05) is 36.1 Å². The van der Waals surface area contributed by atoms with E-state index in [0.717, 1.165) is 41.8 Å². The van der Waals surface area contributed by atoms with Gasteiger partial charge in [-0.3, -0.25) is 4.79 Å². The average molecular weight is 369 g/mol. The van der Waals surface area contributed by atoms with Gasteiger partial charge in [-0.2, -0.15) is 4.98 Å². The number of piperazine rings is 1. The van der Waals surface area contributed by atoms with Crippen molar-refractivity contribution in [3.63, 3.8) is 0 Å². The minimum Gasteiger partial charge on any atom is -0.486 e. The second-order valence-electron chi connectivity index (χ2n) is 6.67. The molecular weight excluding hydrogens is 346 g/mol. The fourth-order valence-corrected chi connectivity index (χ4v) is 3.25. The number of fused-ring (bicyclic) bond motifs is 1. The molecule has 0 unspecified atom stereocenters. The molecular formula is C19H23N5O3. The topological polar surface area (TPSA) is 79.8 Å². The van der Waals surface area contributed by atoms with Gasteiger partial charge in [0.1, 0.15) is 19.0 Å². The molecule has 3 heterocycles. The largest absolute Gasteiger partial charge is 0.486 e. The lowest BCUT2D eigenvalue weighted by Gasteiger charge is -2.34. The summed E-state index contributed by atoms with van der Waals surface area (Å²) in [4.78, 5) is 24.7. The van der Waals surface area contributed by atoms with Crippen molar-refractivity contribution in [1.82, 2.24) is 14.9 Å². The predicted octanol–water partition coefficient (Wildman–Crippen LogP) is 1.97. The summed E-state index contributed by atoms with van der Waals surface area (Å²) in [5.74, 6) is 3.01. The Bertz CT molecular complexity index is 849. The lowest BCUT2D eigenvalue weighted by molar-refractivity contribution is -0.129. The van der Waals surface area contributed by atoms with Crippen LogP contribution in [0.1, 0.15) is 12.6 Å². The molecule has 1 aromatic heterocycles. The highest BCUT2D eigenvalue weighted by molar-refractivity contribution is 5.73. The molecule has 2 aliphatic heterocycles. The highest BCUT2D eigenvalue weighted by Crippen LogP contribution is 2.33. The Labute approximate surface area is 158 Å². The minimum absolute atomic E-state index is 0.112. The Kier molecular flexibility index (Phi) is 4.70. The van der Waals surface area contributed by atoms with Gasteiger partial charge < -0.3 is 24.6 Å². The van der Waals surface area contributed by atoms with Crippen LogP contribution in [-0.4, -0.2) is 60.2 Å². The van der Waals surface area contributed by atoms with Gasteiger partial charge in [0.25, 0.3) is 0 Å². The molecule has 8 nitrogen and oxygen atoms in total. The molecule has 1 amide bonds. The van der Waals surface area contributed by atoms with Crippen molar-refractivity contribution in [2.45, 2.75) is 13.8 Å². The van der Waals surface area contributed by atoms with E-state index >= 15 is 0 Å². The first-order valence-corrected chi connectivity index (χ1v) is 9.11. The number of hydrogen-bond donors (Lipinski definition) is 1. The molecule has 1 aromatic carbocycles. The van der Waals surface area contributed by atoms with Crippen molar-refractivity contribution in [2.75, 3.05) is 49.6 Å². The summed E-state index contributed by atoms with van der Waals surface area (Å²) in [6.07, 6.45) is 0. The first-order chi connectivity index (χ1) is 13.1. The third-order valence-corrected chi connectivity index (χ3v) is 4.66. The van der Waals surface area contributed by atoms with E-state index in [-0.39, 0.29) is 5.91 Å². The van der Waals surface area contributed by atoms with E-state index in [1.54, 1.807) is 6.92 Å². The van der Waals surface area contributed by atoms with Gasteiger partial charge in [-0.15, -0.1) is 0 Å². The fourth-order valence-electron chi connectivity index (χ4n) is 3.25. The minimum atomic E-state index is 0.112. The molecule has 2 aliphatic rings. The van der Waals surface area contributed by atoms with E-state index < -0.39 is 0 Å². The highest BCUT2D eigenvalue weighted by atomic mass is 16.6. The fraction of sp³-hybridized carbons (Fsp3) is 0.421. The van der Waals surface area contributed by atoms with E-state index in [2.05, 4.69) is 20.2 Å². The molecule has 27 heavy (non-hydrogen) atoms. The summed E-state index contributed by atoms with van der Waals surface area (Å²) in [7, 11) is 0. The van der Waals surface area contributed by atoms with Gasteiger partial charge in [0, 0.05) is 56.6 Å². The van der Waals surface area contributed by atoms with Crippen LogP contribution in [0.4, 0.5) is 17.5 Å². The van der Waals surface area contributed by atoms with Crippen LogP contribution in [0.3, 0.4) is 0 Å². The SMILES string of the molecule is CC(=O)N1CCN(c2nc(C)cc(Nc3ccc4c(c3)OCCO4)n2)CC1. The van der Waals surface area contributed by atoms with E-state index in [9.17, 15) is 4.79 Å². The van der Waals surface area contributed by atoms with Gasteiger partial charge in [-0.1, -0.05) is 0 Å². The molecule has 0 atom stereocenters. The first kappa shape index (κ1) is 17.4. The molecule has 0 spiro atoms. The number of nitrogens with one attached hydrogen (secondary N) is 1. The quantitative estimate of drug-likeness (QED) is 0.886. The zero-order valence-electron chi connectivity index (χ0n) is 15.6. The van der Waals surface area contributed by atoms with Gasteiger partial charge >= 0.3 is 0 Å². The summed E-state index contributed by atoms with van der Waals surface area (Å²) < 4.78 is 11.2. The number of ether oxygens (including phenoxy) is 2. The summed E-state index contributed by atoms with van der Waals surface area (Å²) in [5.41, 5.74) is 1.76. The standard InChI is InChI=1S/C19H23N5O3/c1-13-11-18(21-15-3-4-16-17(12-15)27-10-9-26-16)22-19(20-13)24-7-5-23(6-8-24)14(2)25/h3-4,11-12H,5-10H2,1-2H3,(H,20,21,22). The molecule has 4 rings (SSSR count). The third kappa shape index (κ3) is 3.89. The Hall–Kier alpha value is -3.03. The Balaban J connectivity index is 1.50. The van der Waals surface area contributed by atoms with Crippen molar-refractivity contribution >= 4 is 23.4 Å². The van der Waals surface area contributed by atoms with Crippen molar-refractivity contribution in [3.8, 4) is 11.5 Å². The molecule has 2 aromatic rings. The van der Waals surface area contributed by atoms with Gasteiger partial charge in [-0.25, -0.2) is 4.98 Å². The van der Waals surface area contributed by atoms with E-state index in [0.29, 0.717) is 32.3 Å². The Morgan fingerprint density at radius 2 is 1.78 bits per heavy atom. The zero-order valence-corrected chi connectivity index (χ0v) is 15.6. The van der Waals surface area contributed by atoms with Crippen LogP contribution in [0.5, 0.6) is 11.5 Å². The van der Waals surface area contributed by atoms with Crippen LogP contribution in [0.25, 0.3) is 0 Å². The van der Waals surface area contributed by atoms with Crippen LogP contribution in [0, 0.1) is 6.92 Å². The van der Waals surface area contributed by atoms with E-state index in [1.165, 1.54) is 0 Å². The van der Waals surface area contributed by atoms with Crippen molar-refractivity contribution in [3.05, 3.63) is 30.0 Å². The van der Waals surface area contributed by atoms with Crippen LogP contribution >= 0.6 is 0 Å².